The molecule has 1 atom stereocenters. The van der Waals surface area contributed by atoms with E-state index >= 15 is 0 Å². The lowest BCUT2D eigenvalue weighted by atomic mass is 9.93. The number of benzene rings is 1. The van der Waals surface area contributed by atoms with Crippen LogP contribution in [0.1, 0.15) is 11.5 Å². The van der Waals surface area contributed by atoms with Gasteiger partial charge in [-0.15, -0.1) is 0 Å². The monoisotopic (exact) mass is 316 g/mol. The fraction of sp³-hybridized carbons (Fsp3) is 0.167. The predicted molar refractivity (Wildman–Crippen MR) is 72.4 cm³/mol. The SMILES string of the molecule is CN1NC(=O)C(c2ccc(Cl)c(Cl)c2)C(O)=C1C(=O)O. The van der Waals surface area contributed by atoms with Crippen LogP contribution in [0.25, 0.3) is 0 Å². The average molecular weight is 317 g/mol. The largest absolute Gasteiger partial charge is 0.509 e. The highest BCUT2D eigenvalue weighted by Gasteiger charge is 2.37. The number of hydrazine groups is 1. The van der Waals surface area contributed by atoms with E-state index in [-0.39, 0.29) is 5.02 Å². The molecule has 0 aliphatic carbocycles. The Morgan fingerprint density at radius 1 is 1.35 bits per heavy atom. The first-order chi connectivity index (χ1) is 9.32. The number of carbonyl (C=O) groups excluding carboxylic acids is 1. The van der Waals surface area contributed by atoms with Crippen LogP contribution in [0.15, 0.2) is 29.7 Å². The topological polar surface area (TPSA) is 89.9 Å². The molecule has 0 saturated carbocycles. The smallest absolute Gasteiger partial charge is 0.357 e. The molecule has 106 valence electrons. The molecule has 1 aromatic rings. The van der Waals surface area contributed by atoms with Gasteiger partial charge in [0.2, 0.25) is 0 Å². The second kappa shape index (κ2) is 5.22. The van der Waals surface area contributed by atoms with Crippen molar-refractivity contribution >= 4 is 35.1 Å². The number of likely N-dealkylation sites (N-methyl/N-ethyl adjacent to an activating group) is 1. The van der Waals surface area contributed by atoms with Crippen molar-refractivity contribution < 1.29 is 19.8 Å². The van der Waals surface area contributed by atoms with Gasteiger partial charge in [0.1, 0.15) is 11.7 Å². The Bertz CT molecular complexity index is 630. The van der Waals surface area contributed by atoms with Gasteiger partial charge in [-0.25, -0.2) is 4.79 Å². The minimum atomic E-state index is -1.35. The number of hydrogen-bond donors (Lipinski definition) is 3. The average Bonchev–Trinajstić information content (AvgIpc) is 2.32. The summed E-state index contributed by atoms with van der Waals surface area (Å²) in [5.74, 6) is -3.61. The zero-order valence-corrected chi connectivity index (χ0v) is 11.7. The number of nitrogens with one attached hydrogen (secondary N) is 1. The van der Waals surface area contributed by atoms with Crippen molar-refractivity contribution in [3.05, 3.63) is 45.3 Å². The van der Waals surface area contributed by atoms with Crippen LogP contribution in [0.5, 0.6) is 0 Å². The van der Waals surface area contributed by atoms with Gasteiger partial charge in [-0.3, -0.25) is 15.2 Å². The van der Waals surface area contributed by atoms with Crippen LogP contribution in [0.2, 0.25) is 10.0 Å². The Labute approximate surface area is 124 Å². The van der Waals surface area contributed by atoms with E-state index in [1.165, 1.54) is 25.2 Å². The summed E-state index contributed by atoms with van der Waals surface area (Å²) in [7, 11) is 1.32. The molecule has 6 nitrogen and oxygen atoms in total. The molecule has 1 aliphatic heterocycles. The molecule has 3 N–H and O–H groups in total. The molecular weight excluding hydrogens is 307 g/mol. The van der Waals surface area contributed by atoms with Gasteiger partial charge in [0.05, 0.1) is 10.0 Å². The number of halogens is 2. The summed E-state index contributed by atoms with van der Waals surface area (Å²) in [4.78, 5) is 23.1. The Balaban J connectivity index is 2.56. The molecule has 1 aliphatic rings. The molecule has 0 radical (unpaired) electrons. The molecule has 1 unspecified atom stereocenters. The third-order valence-corrected chi connectivity index (χ3v) is 3.61. The molecule has 1 heterocycles. The van der Waals surface area contributed by atoms with Crippen molar-refractivity contribution in [3.63, 3.8) is 0 Å². The number of carboxylic acids is 1. The first-order valence-corrected chi connectivity index (χ1v) is 6.24. The van der Waals surface area contributed by atoms with Crippen LogP contribution < -0.4 is 5.43 Å². The van der Waals surface area contributed by atoms with Crippen molar-refractivity contribution in [2.75, 3.05) is 7.05 Å². The molecule has 0 aromatic heterocycles. The lowest BCUT2D eigenvalue weighted by Crippen LogP contribution is -2.48. The van der Waals surface area contributed by atoms with E-state index in [2.05, 4.69) is 5.43 Å². The highest BCUT2D eigenvalue weighted by molar-refractivity contribution is 6.42. The number of rotatable bonds is 2. The fourth-order valence-corrected chi connectivity index (χ4v) is 2.28. The van der Waals surface area contributed by atoms with E-state index in [0.29, 0.717) is 10.6 Å². The number of nitrogens with zero attached hydrogens (tertiary/aromatic N) is 1. The quantitative estimate of drug-likeness (QED) is 0.775. The first-order valence-electron chi connectivity index (χ1n) is 5.48. The summed E-state index contributed by atoms with van der Waals surface area (Å²) in [6.45, 7) is 0. The van der Waals surface area contributed by atoms with E-state index in [1.54, 1.807) is 0 Å². The molecule has 2 rings (SSSR count). The van der Waals surface area contributed by atoms with Crippen molar-refractivity contribution in [3.8, 4) is 0 Å². The molecule has 0 fully saturated rings. The molecule has 0 saturated heterocycles. The fourth-order valence-electron chi connectivity index (χ4n) is 1.97. The maximum atomic E-state index is 12.0. The normalized spacial score (nSPS) is 19.1. The number of aliphatic hydroxyl groups excluding tert-OH is 1. The van der Waals surface area contributed by atoms with Gasteiger partial charge in [0.15, 0.2) is 5.70 Å². The highest BCUT2D eigenvalue weighted by atomic mass is 35.5. The van der Waals surface area contributed by atoms with Crippen molar-refractivity contribution in [1.82, 2.24) is 10.4 Å². The molecule has 1 amide bonds. The molecule has 0 bridgehead atoms. The van der Waals surface area contributed by atoms with Crippen LogP contribution in [0.4, 0.5) is 0 Å². The summed E-state index contributed by atoms with van der Waals surface area (Å²) in [5.41, 5.74) is 2.29. The number of carboxylic acid groups (broad SMARTS) is 1. The zero-order chi connectivity index (χ0) is 15.0. The van der Waals surface area contributed by atoms with Gasteiger partial charge in [0, 0.05) is 7.05 Å². The number of hydrogen-bond acceptors (Lipinski definition) is 4. The molecule has 8 heteroatoms. The standard InChI is InChI=1S/C12H10Cl2N2O4/c1-16-9(12(19)20)10(17)8(11(18)15-16)5-2-3-6(13)7(14)4-5/h2-4,8,17H,1H3,(H,15,18)(H,19,20). The van der Waals surface area contributed by atoms with E-state index in [9.17, 15) is 14.7 Å². The summed E-state index contributed by atoms with van der Waals surface area (Å²) in [6.07, 6.45) is 0. The molecule has 20 heavy (non-hydrogen) atoms. The number of amides is 1. The van der Waals surface area contributed by atoms with Crippen molar-refractivity contribution in [1.29, 1.82) is 0 Å². The van der Waals surface area contributed by atoms with Gasteiger partial charge in [0.25, 0.3) is 5.91 Å². The lowest BCUT2D eigenvalue weighted by Gasteiger charge is -2.31. The Kier molecular flexibility index (Phi) is 3.78. The van der Waals surface area contributed by atoms with Gasteiger partial charge in [-0.2, -0.15) is 0 Å². The Morgan fingerprint density at radius 2 is 2.00 bits per heavy atom. The van der Waals surface area contributed by atoms with Gasteiger partial charge < -0.3 is 10.2 Å². The van der Waals surface area contributed by atoms with E-state index in [1.807, 2.05) is 0 Å². The maximum Gasteiger partial charge on any atom is 0.357 e. The highest BCUT2D eigenvalue weighted by Crippen LogP contribution is 2.33. The number of carbonyl (C=O) groups is 2. The van der Waals surface area contributed by atoms with Gasteiger partial charge in [-0.05, 0) is 17.7 Å². The summed E-state index contributed by atoms with van der Waals surface area (Å²) in [6, 6.07) is 4.38. The summed E-state index contributed by atoms with van der Waals surface area (Å²) >= 11 is 11.7. The summed E-state index contributed by atoms with van der Waals surface area (Å²) in [5, 5.41) is 20.6. The number of aliphatic hydroxyl groups is 1. The Morgan fingerprint density at radius 3 is 2.55 bits per heavy atom. The second-order valence-corrected chi connectivity index (χ2v) is 5.00. The molecular formula is C12H10Cl2N2O4. The Hall–Kier alpha value is -1.92. The number of aliphatic carboxylic acids is 1. The molecule has 1 aromatic carbocycles. The third-order valence-electron chi connectivity index (χ3n) is 2.87. The summed E-state index contributed by atoms with van der Waals surface area (Å²) < 4.78 is 0. The van der Waals surface area contributed by atoms with Gasteiger partial charge >= 0.3 is 5.97 Å². The van der Waals surface area contributed by atoms with Crippen molar-refractivity contribution in [2.24, 2.45) is 0 Å². The zero-order valence-electron chi connectivity index (χ0n) is 10.2. The van der Waals surface area contributed by atoms with Crippen LogP contribution in [-0.2, 0) is 9.59 Å². The van der Waals surface area contributed by atoms with Crippen LogP contribution in [-0.4, -0.2) is 34.1 Å². The predicted octanol–water partition coefficient (Wildman–Crippen LogP) is 1.91. The van der Waals surface area contributed by atoms with Crippen molar-refractivity contribution in [2.45, 2.75) is 5.92 Å². The first kappa shape index (κ1) is 14.5. The van der Waals surface area contributed by atoms with Crippen LogP contribution >= 0.6 is 23.2 Å². The third kappa shape index (κ3) is 2.39. The minimum absolute atomic E-state index is 0.209. The van der Waals surface area contributed by atoms with Crippen LogP contribution in [0, 0.1) is 0 Å². The van der Waals surface area contributed by atoms with E-state index in [0.717, 1.165) is 5.01 Å². The maximum absolute atomic E-state index is 12.0. The minimum Gasteiger partial charge on any atom is -0.509 e. The molecule has 0 spiro atoms. The van der Waals surface area contributed by atoms with E-state index < -0.39 is 29.3 Å². The lowest BCUT2D eigenvalue weighted by molar-refractivity contribution is -0.137. The second-order valence-electron chi connectivity index (χ2n) is 4.18. The van der Waals surface area contributed by atoms with Crippen LogP contribution in [0.3, 0.4) is 0 Å². The van der Waals surface area contributed by atoms with Gasteiger partial charge in [-0.1, -0.05) is 29.3 Å². The van der Waals surface area contributed by atoms with E-state index in [4.69, 9.17) is 28.3 Å².